The molecule has 0 atom stereocenters. The molecule has 0 radical (unpaired) electrons. The summed E-state index contributed by atoms with van der Waals surface area (Å²) >= 11 is 0. The molecule has 0 spiro atoms. The molecule has 182 valence electrons. The fourth-order valence-electron chi connectivity index (χ4n) is 5.18. The van der Waals surface area contributed by atoms with Gasteiger partial charge in [0.15, 0.2) is 0 Å². The van der Waals surface area contributed by atoms with Crippen molar-refractivity contribution in [2.45, 2.75) is 6.54 Å². The predicted molar refractivity (Wildman–Crippen MR) is 152 cm³/mol. The fraction of sp³-hybridized carbons (Fsp3) is 0.152. The van der Waals surface area contributed by atoms with E-state index < -0.39 is 0 Å². The number of aromatic nitrogens is 1. The van der Waals surface area contributed by atoms with E-state index >= 15 is 0 Å². The molecule has 0 amide bonds. The smallest absolute Gasteiger partial charge is 0.150 e. The van der Waals surface area contributed by atoms with E-state index in [1.807, 2.05) is 42.6 Å². The van der Waals surface area contributed by atoms with Crippen LogP contribution in [0.25, 0.3) is 33.2 Å². The van der Waals surface area contributed by atoms with Gasteiger partial charge in [-0.1, -0.05) is 66.7 Å². The van der Waals surface area contributed by atoms with Gasteiger partial charge in [-0.05, 0) is 58.7 Å². The van der Waals surface area contributed by atoms with Crippen LogP contribution in [0.3, 0.4) is 0 Å². The van der Waals surface area contributed by atoms with Gasteiger partial charge in [0.2, 0.25) is 0 Å². The highest BCUT2D eigenvalue weighted by Gasteiger charge is 2.18. The molecule has 1 fully saturated rings. The number of fused-ring (bicyclic) bond motifs is 1. The van der Waals surface area contributed by atoms with Crippen molar-refractivity contribution in [3.05, 3.63) is 120 Å². The zero-order chi connectivity index (χ0) is 25.0. The van der Waals surface area contributed by atoms with E-state index in [-0.39, 0.29) is 0 Å². The topological polar surface area (TPSA) is 36.4 Å². The number of carbonyl (C=O) groups is 1. The fourth-order valence-corrected chi connectivity index (χ4v) is 5.18. The maximum Gasteiger partial charge on any atom is 0.150 e. The summed E-state index contributed by atoms with van der Waals surface area (Å²) in [7, 11) is 0. The summed E-state index contributed by atoms with van der Waals surface area (Å²) in [6, 6.07) is 35.9. The van der Waals surface area contributed by atoms with E-state index in [1.165, 1.54) is 27.9 Å². The number of benzene rings is 4. The molecule has 37 heavy (non-hydrogen) atoms. The molecular formula is C33H29N3O. The zero-order valence-electron chi connectivity index (χ0n) is 20.8. The Kier molecular flexibility index (Phi) is 6.49. The summed E-state index contributed by atoms with van der Waals surface area (Å²) in [5.41, 5.74) is 9.13. The average molecular weight is 484 g/mol. The Labute approximate surface area is 217 Å². The Morgan fingerprint density at radius 1 is 0.703 bits per heavy atom. The molecule has 0 bridgehead atoms. The molecule has 4 aromatic carbocycles. The van der Waals surface area contributed by atoms with Gasteiger partial charge in [0, 0.05) is 61.1 Å². The van der Waals surface area contributed by atoms with E-state index in [0.717, 1.165) is 61.0 Å². The third-order valence-electron chi connectivity index (χ3n) is 7.30. The minimum atomic E-state index is 0.723. The van der Waals surface area contributed by atoms with Gasteiger partial charge in [-0.15, -0.1) is 0 Å². The Bertz CT molecular complexity index is 1520. The summed E-state index contributed by atoms with van der Waals surface area (Å²) in [4.78, 5) is 20.5. The highest BCUT2D eigenvalue weighted by molar-refractivity contribution is 5.84. The summed E-state index contributed by atoms with van der Waals surface area (Å²) in [6.07, 6.45) is 2.86. The third kappa shape index (κ3) is 5.02. The first kappa shape index (κ1) is 23.1. The first-order valence-corrected chi connectivity index (χ1v) is 12.8. The maximum absolute atomic E-state index is 10.9. The van der Waals surface area contributed by atoms with Gasteiger partial charge in [-0.3, -0.25) is 14.7 Å². The second-order valence-corrected chi connectivity index (χ2v) is 9.62. The van der Waals surface area contributed by atoms with Crippen molar-refractivity contribution < 1.29 is 4.79 Å². The lowest BCUT2D eigenvalue weighted by atomic mass is 9.96. The van der Waals surface area contributed by atoms with Crippen LogP contribution in [-0.2, 0) is 6.54 Å². The van der Waals surface area contributed by atoms with Crippen molar-refractivity contribution in [3.63, 3.8) is 0 Å². The van der Waals surface area contributed by atoms with Crippen LogP contribution < -0.4 is 4.90 Å². The summed E-state index contributed by atoms with van der Waals surface area (Å²) < 4.78 is 0. The van der Waals surface area contributed by atoms with Crippen LogP contribution >= 0.6 is 0 Å². The van der Waals surface area contributed by atoms with Gasteiger partial charge in [-0.25, -0.2) is 0 Å². The molecule has 1 aromatic heterocycles. The van der Waals surface area contributed by atoms with Gasteiger partial charge in [0.25, 0.3) is 0 Å². The van der Waals surface area contributed by atoms with Gasteiger partial charge in [0.1, 0.15) is 6.29 Å². The number of aldehydes is 1. The quantitative estimate of drug-likeness (QED) is 0.252. The van der Waals surface area contributed by atoms with Crippen LogP contribution in [0.2, 0.25) is 0 Å². The highest BCUT2D eigenvalue weighted by Crippen LogP contribution is 2.29. The number of carbonyl (C=O) groups excluding carboxylic acids is 1. The number of hydrogen-bond acceptors (Lipinski definition) is 4. The van der Waals surface area contributed by atoms with Crippen LogP contribution in [0.15, 0.2) is 109 Å². The first-order valence-electron chi connectivity index (χ1n) is 12.8. The molecule has 0 saturated carbocycles. The van der Waals surface area contributed by atoms with Crippen LogP contribution in [0.1, 0.15) is 15.9 Å². The van der Waals surface area contributed by atoms with Crippen LogP contribution in [-0.4, -0.2) is 42.3 Å². The Morgan fingerprint density at radius 3 is 2.19 bits per heavy atom. The van der Waals surface area contributed by atoms with E-state index in [9.17, 15) is 4.79 Å². The second-order valence-electron chi connectivity index (χ2n) is 9.62. The molecule has 0 unspecified atom stereocenters. The van der Waals surface area contributed by atoms with Crippen molar-refractivity contribution >= 4 is 22.9 Å². The number of pyridine rings is 1. The Morgan fingerprint density at radius 2 is 1.41 bits per heavy atom. The molecule has 2 heterocycles. The molecule has 4 nitrogen and oxygen atoms in total. The van der Waals surface area contributed by atoms with E-state index in [1.54, 1.807) is 0 Å². The summed E-state index contributed by atoms with van der Waals surface area (Å²) in [5.74, 6) is 0. The van der Waals surface area contributed by atoms with Crippen molar-refractivity contribution in [2.24, 2.45) is 0 Å². The lowest BCUT2D eigenvalue weighted by Crippen LogP contribution is -2.46. The Hall–Kier alpha value is -4.28. The number of nitrogens with zero attached hydrogens (tertiary/aromatic N) is 3. The van der Waals surface area contributed by atoms with Crippen molar-refractivity contribution in [1.82, 2.24) is 9.88 Å². The van der Waals surface area contributed by atoms with Crippen molar-refractivity contribution in [2.75, 3.05) is 31.1 Å². The molecule has 6 rings (SSSR count). The van der Waals surface area contributed by atoms with Gasteiger partial charge in [0.05, 0.1) is 5.52 Å². The van der Waals surface area contributed by atoms with Crippen LogP contribution in [0.5, 0.6) is 0 Å². The number of piperazine rings is 1. The van der Waals surface area contributed by atoms with Crippen LogP contribution in [0, 0.1) is 0 Å². The summed E-state index contributed by atoms with van der Waals surface area (Å²) in [5, 5.41) is 1.16. The Balaban J connectivity index is 1.15. The zero-order valence-corrected chi connectivity index (χ0v) is 20.8. The standard InChI is InChI=1S/C33H29N3O/c37-24-25-9-15-31(16-10-25)36-19-17-35(18-20-36)23-29-6-1-3-7-32(29)27-13-11-26(12-14-27)30-21-28-5-2-4-8-33(28)34-22-30/h1-16,21-22,24H,17-20,23H2. The number of anilines is 1. The summed E-state index contributed by atoms with van der Waals surface area (Å²) in [6.45, 7) is 4.92. The lowest BCUT2D eigenvalue weighted by molar-refractivity contribution is 0.112. The van der Waals surface area contributed by atoms with Crippen LogP contribution in [0.4, 0.5) is 5.69 Å². The largest absolute Gasteiger partial charge is 0.369 e. The van der Waals surface area contributed by atoms with E-state index in [2.05, 4.69) is 81.5 Å². The molecule has 1 aliphatic rings. The van der Waals surface area contributed by atoms with E-state index in [4.69, 9.17) is 0 Å². The molecule has 0 aliphatic carbocycles. The van der Waals surface area contributed by atoms with Gasteiger partial charge < -0.3 is 4.90 Å². The third-order valence-corrected chi connectivity index (χ3v) is 7.30. The number of hydrogen-bond donors (Lipinski definition) is 0. The maximum atomic E-state index is 10.9. The minimum Gasteiger partial charge on any atom is -0.369 e. The highest BCUT2D eigenvalue weighted by atomic mass is 16.1. The van der Waals surface area contributed by atoms with E-state index in [0.29, 0.717) is 0 Å². The second kappa shape index (κ2) is 10.4. The minimum absolute atomic E-state index is 0.723. The molecule has 0 N–H and O–H groups in total. The lowest BCUT2D eigenvalue weighted by Gasteiger charge is -2.36. The molecule has 1 aliphatic heterocycles. The van der Waals surface area contributed by atoms with Gasteiger partial charge >= 0.3 is 0 Å². The average Bonchev–Trinajstić information content (AvgIpc) is 2.98. The number of para-hydroxylation sites is 1. The van der Waals surface area contributed by atoms with Crippen molar-refractivity contribution in [1.29, 1.82) is 0 Å². The molecule has 1 saturated heterocycles. The molecular weight excluding hydrogens is 454 g/mol. The predicted octanol–water partition coefficient (Wildman–Crippen LogP) is 6.70. The normalized spacial score (nSPS) is 14.1. The molecule has 4 heteroatoms. The SMILES string of the molecule is O=Cc1ccc(N2CCN(Cc3ccccc3-c3ccc(-c4cnc5ccccc5c4)cc3)CC2)cc1. The van der Waals surface area contributed by atoms with Gasteiger partial charge in [-0.2, -0.15) is 0 Å². The number of rotatable bonds is 6. The molecule has 5 aromatic rings. The van der Waals surface area contributed by atoms with Crippen molar-refractivity contribution in [3.8, 4) is 22.3 Å². The monoisotopic (exact) mass is 483 g/mol. The first-order chi connectivity index (χ1) is 18.3.